The molecule has 1 aliphatic heterocycles. The fourth-order valence-corrected chi connectivity index (χ4v) is 2.50. The van der Waals surface area contributed by atoms with Gasteiger partial charge < -0.3 is 5.73 Å². The maximum Gasteiger partial charge on any atom is 0.133 e. The lowest BCUT2D eigenvalue weighted by Crippen LogP contribution is -2.30. The van der Waals surface area contributed by atoms with E-state index < -0.39 is 0 Å². The Bertz CT molecular complexity index is 367. The third-order valence-electron chi connectivity index (χ3n) is 3.28. The number of rotatable bonds is 2. The molecule has 4 heteroatoms. The van der Waals surface area contributed by atoms with Crippen molar-refractivity contribution in [1.29, 1.82) is 0 Å². The average Bonchev–Trinajstić information content (AvgIpc) is 2.29. The summed E-state index contributed by atoms with van der Waals surface area (Å²) in [5.41, 5.74) is 7.57. The number of hydrogen-bond acceptors (Lipinski definition) is 3. The van der Waals surface area contributed by atoms with Gasteiger partial charge in [0.25, 0.3) is 0 Å². The molecule has 2 heterocycles. The standard InChI is InChI=1S/C12H18ClN3/c1-16-7-3-2-4-11(16)10-6-5-9(8-14)12(13)15-10/h5-6,11H,2-4,7-8,14H2,1H3. The molecule has 3 nitrogen and oxygen atoms in total. The number of halogens is 1. The number of hydrogen-bond donors (Lipinski definition) is 1. The molecular formula is C12H18ClN3. The normalized spacial score (nSPS) is 22.3. The quantitative estimate of drug-likeness (QED) is 0.806. The Labute approximate surface area is 102 Å². The maximum atomic E-state index is 6.09. The molecule has 0 aliphatic carbocycles. The SMILES string of the molecule is CN1CCCCC1c1ccc(CN)c(Cl)n1. The zero-order valence-electron chi connectivity index (χ0n) is 9.62. The van der Waals surface area contributed by atoms with Gasteiger partial charge in [-0.3, -0.25) is 4.90 Å². The van der Waals surface area contributed by atoms with Crippen molar-refractivity contribution in [2.45, 2.75) is 31.8 Å². The smallest absolute Gasteiger partial charge is 0.133 e. The Morgan fingerprint density at radius 3 is 2.94 bits per heavy atom. The van der Waals surface area contributed by atoms with E-state index in [-0.39, 0.29) is 0 Å². The molecule has 2 rings (SSSR count). The molecule has 0 radical (unpaired) electrons. The van der Waals surface area contributed by atoms with Crippen molar-refractivity contribution in [1.82, 2.24) is 9.88 Å². The van der Waals surface area contributed by atoms with E-state index >= 15 is 0 Å². The Hall–Kier alpha value is -0.640. The first-order valence-electron chi connectivity index (χ1n) is 5.78. The molecule has 0 aromatic carbocycles. The van der Waals surface area contributed by atoms with Crippen molar-refractivity contribution >= 4 is 11.6 Å². The monoisotopic (exact) mass is 239 g/mol. The summed E-state index contributed by atoms with van der Waals surface area (Å²) in [7, 11) is 2.15. The minimum atomic E-state index is 0.415. The molecule has 0 saturated carbocycles. The lowest BCUT2D eigenvalue weighted by molar-refractivity contribution is 0.183. The summed E-state index contributed by atoms with van der Waals surface area (Å²) >= 11 is 6.09. The highest BCUT2D eigenvalue weighted by Crippen LogP contribution is 2.29. The van der Waals surface area contributed by atoms with Crippen LogP contribution in [0.2, 0.25) is 5.15 Å². The van der Waals surface area contributed by atoms with Gasteiger partial charge in [-0.1, -0.05) is 24.1 Å². The highest BCUT2D eigenvalue weighted by molar-refractivity contribution is 6.30. The van der Waals surface area contributed by atoms with Gasteiger partial charge in [0.2, 0.25) is 0 Å². The number of nitrogens with zero attached hydrogens (tertiary/aromatic N) is 2. The van der Waals surface area contributed by atoms with Gasteiger partial charge >= 0.3 is 0 Å². The summed E-state index contributed by atoms with van der Waals surface area (Å²) in [4.78, 5) is 6.81. The van der Waals surface area contributed by atoms with E-state index in [0.717, 1.165) is 17.8 Å². The van der Waals surface area contributed by atoms with Crippen LogP contribution < -0.4 is 5.73 Å². The van der Waals surface area contributed by atoms with Gasteiger partial charge in [0.1, 0.15) is 5.15 Å². The van der Waals surface area contributed by atoms with Crippen molar-refractivity contribution < 1.29 is 0 Å². The predicted octanol–water partition coefficient (Wildman–Crippen LogP) is 2.35. The van der Waals surface area contributed by atoms with Gasteiger partial charge in [-0.2, -0.15) is 0 Å². The molecule has 16 heavy (non-hydrogen) atoms. The van der Waals surface area contributed by atoms with Gasteiger partial charge in [-0.15, -0.1) is 0 Å². The third kappa shape index (κ3) is 2.37. The van der Waals surface area contributed by atoms with Crippen LogP contribution >= 0.6 is 11.6 Å². The lowest BCUT2D eigenvalue weighted by atomic mass is 9.99. The Balaban J connectivity index is 2.22. The second kappa shape index (κ2) is 5.13. The zero-order chi connectivity index (χ0) is 11.5. The Morgan fingerprint density at radius 2 is 2.31 bits per heavy atom. The summed E-state index contributed by atoms with van der Waals surface area (Å²) in [5, 5.41) is 0.555. The average molecular weight is 240 g/mol. The van der Waals surface area contributed by atoms with Crippen LogP contribution in [0.3, 0.4) is 0 Å². The van der Waals surface area contributed by atoms with Crippen LogP contribution in [-0.4, -0.2) is 23.5 Å². The molecule has 88 valence electrons. The van der Waals surface area contributed by atoms with E-state index in [1.54, 1.807) is 0 Å². The number of pyridine rings is 1. The number of nitrogens with two attached hydrogens (primary N) is 1. The van der Waals surface area contributed by atoms with E-state index in [1.807, 2.05) is 6.07 Å². The lowest BCUT2D eigenvalue weighted by Gasteiger charge is -2.32. The molecule has 0 spiro atoms. The molecule has 2 N–H and O–H groups in total. The first-order valence-corrected chi connectivity index (χ1v) is 6.16. The Morgan fingerprint density at radius 1 is 1.50 bits per heavy atom. The molecule has 0 amide bonds. The first kappa shape index (κ1) is 11.8. The van der Waals surface area contributed by atoms with Crippen molar-refractivity contribution in [3.63, 3.8) is 0 Å². The molecule has 1 aromatic rings. The molecule has 1 aliphatic rings. The van der Waals surface area contributed by atoms with Gasteiger partial charge in [0.15, 0.2) is 0 Å². The number of aromatic nitrogens is 1. The maximum absolute atomic E-state index is 6.09. The van der Waals surface area contributed by atoms with Crippen LogP contribution in [0.4, 0.5) is 0 Å². The second-order valence-electron chi connectivity index (χ2n) is 4.38. The highest BCUT2D eigenvalue weighted by Gasteiger charge is 2.22. The van der Waals surface area contributed by atoms with E-state index in [9.17, 15) is 0 Å². The van der Waals surface area contributed by atoms with E-state index in [4.69, 9.17) is 17.3 Å². The molecule has 0 bridgehead atoms. The topological polar surface area (TPSA) is 42.1 Å². The molecule has 1 atom stereocenters. The van der Waals surface area contributed by atoms with Gasteiger partial charge in [-0.05, 0) is 32.5 Å². The van der Waals surface area contributed by atoms with Crippen molar-refractivity contribution in [2.75, 3.05) is 13.6 Å². The zero-order valence-corrected chi connectivity index (χ0v) is 10.4. The minimum Gasteiger partial charge on any atom is -0.326 e. The molecule has 1 saturated heterocycles. The summed E-state index contributed by atoms with van der Waals surface area (Å²) in [5.74, 6) is 0. The van der Waals surface area contributed by atoms with Gasteiger partial charge in [0, 0.05) is 12.1 Å². The summed E-state index contributed by atoms with van der Waals surface area (Å²) in [6.45, 7) is 1.59. The highest BCUT2D eigenvalue weighted by atomic mass is 35.5. The summed E-state index contributed by atoms with van der Waals surface area (Å²) in [6.07, 6.45) is 3.72. The summed E-state index contributed by atoms with van der Waals surface area (Å²) < 4.78 is 0. The number of likely N-dealkylation sites (tertiary alicyclic amines) is 1. The van der Waals surface area contributed by atoms with E-state index in [1.165, 1.54) is 19.3 Å². The van der Waals surface area contributed by atoms with Crippen molar-refractivity contribution in [2.24, 2.45) is 5.73 Å². The summed E-state index contributed by atoms with van der Waals surface area (Å²) in [6, 6.07) is 4.46. The van der Waals surface area contributed by atoms with Crippen LogP contribution in [0, 0.1) is 0 Å². The van der Waals surface area contributed by atoms with Crippen LogP contribution in [-0.2, 0) is 6.54 Å². The number of piperidine rings is 1. The van der Waals surface area contributed by atoms with Crippen LogP contribution in [0.15, 0.2) is 12.1 Å². The van der Waals surface area contributed by atoms with Crippen LogP contribution in [0.1, 0.15) is 36.6 Å². The van der Waals surface area contributed by atoms with Gasteiger partial charge in [-0.25, -0.2) is 4.98 Å². The molecule has 1 aromatic heterocycles. The van der Waals surface area contributed by atoms with Crippen LogP contribution in [0.5, 0.6) is 0 Å². The Kier molecular flexibility index (Phi) is 3.79. The van der Waals surface area contributed by atoms with Crippen molar-refractivity contribution in [3.05, 3.63) is 28.5 Å². The second-order valence-corrected chi connectivity index (χ2v) is 4.74. The molecule has 1 unspecified atom stereocenters. The van der Waals surface area contributed by atoms with Gasteiger partial charge in [0.05, 0.1) is 11.7 Å². The molecule has 1 fully saturated rings. The largest absolute Gasteiger partial charge is 0.326 e. The van der Waals surface area contributed by atoms with E-state index in [0.29, 0.717) is 17.7 Å². The van der Waals surface area contributed by atoms with Crippen LogP contribution in [0.25, 0.3) is 0 Å². The molecular weight excluding hydrogens is 222 g/mol. The predicted molar refractivity (Wildman–Crippen MR) is 66.4 cm³/mol. The first-order chi connectivity index (χ1) is 7.72. The van der Waals surface area contributed by atoms with Crippen molar-refractivity contribution in [3.8, 4) is 0 Å². The minimum absolute atomic E-state index is 0.415. The van der Waals surface area contributed by atoms with E-state index in [2.05, 4.69) is 23.0 Å². The third-order valence-corrected chi connectivity index (χ3v) is 3.61. The fraction of sp³-hybridized carbons (Fsp3) is 0.583. The fourth-order valence-electron chi connectivity index (χ4n) is 2.26.